The van der Waals surface area contributed by atoms with Crippen LogP contribution in [0.5, 0.6) is 0 Å². The summed E-state index contributed by atoms with van der Waals surface area (Å²) in [5, 5.41) is 11.0. The normalized spacial score (nSPS) is 13.3. The lowest BCUT2D eigenvalue weighted by molar-refractivity contribution is 0.605. The van der Waals surface area contributed by atoms with Gasteiger partial charge >= 0.3 is 0 Å². The van der Waals surface area contributed by atoms with Crippen molar-refractivity contribution in [3.8, 4) is 22.3 Å². The molecule has 0 saturated carbocycles. The van der Waals surface area contributed by atoms with Crippen LogP contribution in [-0.4, -0.2) is 0 Å². The average Bonchev–Trinajstić information content (AvgIpc) is 3.80. The van der Waals surface area contributed by atoms with Crippen LogP contribution in [0.25, 0.3) is 105 Å². The van der Waals surface area contributed by atoms with E-state index in [-0.39, 0.29) is 0 Å². The number of benzene rings is 8. The highest BCUT2D eigenvalue weighted by Crippen LogP contribution is 2.47. The zero-order valence-corrected chi connectivity index (χ0v) is 30.5. The SMILES string of the molecule is C=Cc1oc2cc(C3=CC=C(c4c5ccccc5c(-c5cccc6ccccc56)c5ccccc45)CC3)ccc2c1-c1c(C)ccc2c1oc1ccccc12. The molecule has 11 rings (SSSR count). The predicted octanol–water partition coefficient (Wildman–Crippen LogP) is 15.3. The highest BCUT2D eigenvalue weighted by atomic mass is 16.3. The Bertz CT molecular complexity index is 3230. The fourth-order valence-electron chi connectivity index (χ4n) is 9.21. The van der Waals surface area contributed by atoms with E-state index < -0.39 is 0 Å². The second-order valence-electron chi connectivity index (χ2n) is 14.7. The fraction of sp³-hybridized carbons (Fsp3) is 0.0566. The Morgan fingerprint density at radius 2 is 1.09 bits per heavy atom. The van der Waals surface area contributed by atoms with Crippen molar-refractivity contribution < 1.29 is 8.83 Å². The van der Waals surface area contributed by atoms with E-state index in [0.717, 1.165) is 68.2 Å². The van der Waals surface area contributed by atoms with Crippen molar-refractivity contribution in [2.75, 3.05) is 0 Å². The third kappa shape index (κ3) is 4.81. The van der Waals surface area contributed by atoms with Gasteiger partial charge in [-0.15, -0.1) is 0 Å². The molecule has 0 saturated heterocycles. The summed E-state index contributed by atoms with van der Waals surface area (Å²) in [6, 6.07) is 52.6. The van der Waals surface area contributed by atoms with E-state index in [2.05, 4.69) is 159 Å². The van der Waals surface area contributed by atoms with Crippen molar-refractivity contribution in [2.24, 2.45) is 0 Å². The molecule has 10 aromatic rings. The Hall–Kier alpha value is -6.90. The first-order valence-corrected chi connectivity index (χ1v) is 19.1. The molecule has 1 aliphatic rings. The maximum absolute atomic E-state index is 6.57. The molecule has 8 aromatic carbocycles. The van der Waals surface area contributed by atoms with Crippen LogP contribution < -0.4 is 0 Å². The Labute approximate surface area is 318 Å². The molecule has 0 N–H and O–H groups in total. The zero-order valence-electron chi connectivity index (χ0n) is 30.5. The topological polar surface area (TPSA) is 26.3 Å². The lowest BCUT2D eigenvalue weighted by Crippen LogP contribution is -1.98. The second kappa shape index (κ2) is 12.3. The molecule has 2 nitrogen and oxygen atoms in total. The summed E-state index contributed by atoms with van der Waals surface area (Å²) in [6.45, 7) is 6.29. The van der Waals surface area contributed by atoms with Gasteiger partial charge < -0.3 is 8.83 Å². The number of fused-ring (bicyclic) bond motifs is 7. The Morgan fingerprint density at radius 3 is 1.82 bits per heavy atom. The first-order valence-electron chi connectivity index (χ1n) is 19.1. The van der Waals surface area contributed by atoms with E-state index in [1.807, 2.05) is 18.2 Å². The molecule has 2 heterocycles. The monoisotopic (exact) mass is 704 g/mol. The molecule has 0 spiro atoms. The minimum absolute atomic E-state index is 0.758. The van der Waals surface area contributed by atoms with Crippen molar-refractivity contribution in [1.82, 2.24) is 0 Å². The van der Waals surface area contributed by atoms with Gasteiger partial charge in [0.05, 0.1) is 0 Å². The molecule has 0 amide bonds. The third-order valence-corrected chi connectivity index (χ3v) is 11.7. The number of hydrogen-bond acceptors (Lipinski definition) is 2. The van der Waals surface area contributed by atoms with E-state index >= 15 is 0 Å². The summed E-state index contributed by atoms with van der Waals surface area (Å²) in [5.41, 5.74) is 13.6. The number of aryl methyl sites for hydroxylation is 1. The van der Waals surface area contributed by atoms with Crippen LogP contribution in [0.2, 0.25) is 0 Å². The van der Waals surface area contributed by atoms with Gasteiger partial charge in [-0.2, -0.15) is 0 Å². The minimum atomic E-state index is 0.758. The Morgan fingerprint density at radius 1 is 0.473 bits per heavy atom. The van der Waals surface area contributed by atoms with Crippen molar-refractivity contribution in [3.05, 3.63) is 187 Å². The van der Waals surface area contributed by atoms with Crippen molar-refractivity contribution in [1.29, 1.82) is 0 Å². The molecule has 2 aromatic heterocycles. The molecule has 2 heteroatoms. The van der Waals surface area contributed by atoms with Gasteiger partial charge in [0.1, 0.15) is 22.5 Å². The van der Waals surface area contributed by atoms with E-state index in [1.54, 1.807) is 0 Å². The predicted molar refractivity (Wildman–Crippen MR) is 233 cm³/mol. The van der Waals surface area contributed by atoms with Crippen molar-refractivity contribution in [2.45, 2.75) is 19.8 Å². The lowest BCUT2D eigenvalue weighted by Gasteiger charge is -2.22. The largest absolute Gasteiger partial charge is 0.456 e. The van der Waals surface area contributed by atoms with E-state index in [0.29, 0.717) is 0 Å². The van der Waals surface area contributed by atoms with E-state index in [9.17, 15) is 0 Å². The van der Waals surface area contributed by atoms with Crippen molar-refractivity contribution >= 4 is 82.4 Å². The maximum Gasteiger partial charge on any atom is 0.143 e. The second-order valence-corrected chi connectivity index (χ2v) is 14.7. The number of furan rings is 2. The molecule has 0 fully saturated rings. The Kier molecular flexibility index (Phi) is 7.09. The quantitative estimate of drug-likeness (QED) is 0.167. The molecule has 1 aliphatic carbocycles. The lowest BCUT2D eigenvalue weighted by atomic mass is 9.82. The fourth-order valence-corrected chi connectivity index (χ4v) is 9.21. The third-order valence-electron chi connectivity index (χ3n) is 11.7. The highest BCUT2D eigenvalue weighted by Gasteiger charge is 2.24. The number of allylic oxidation sites excluding steroid dienone is 4. The maximum atomic E-state index is 6.57. The highest BCUT2D eigenvalue weighted by molar-refractivity contribution is 6.21. The van der Waals surface area contributed by atoms with Crippen LogP contribution in [-0.2, 0) is 0 Å². The molecule has 55 heavy (non-hydrogen) atoms. The first kappa shape index (κ1) is 31.6. The summed E-state index contributed by atoms with van der Waals surface area (Å²) in [5.74, 6) is 0.758. The van der Waals surface area contributed by atoms with Gasteiger partial charge in [-0.25, -0.2) is 0 Å². The van der Waals surface area contributed by atoms with Gasteiger partial charge in [-0.1, -0.05) is 146 Å². The number of hydrogen-bond donors (Lipinski definition) is 0. The standard InChI is InChI=1S/C53H36O2/c1-3-46-52(49-32(2)23-29-44-38-16-10-11-22-47(38)55-53(44)49)45-30-28-36(31-48(45)54-46)33-24-26-35(27-25-33)50-40-17-6-8-19-42(40)51(43-20-9-7-18-41(43)50)39-21-12-14-34-13-4-5-15-37(34)39/h3-24,26,28-31H,1,25,27H2,2H3. The molecular weight excluding hydrogens is 669 g/mol. The molecule has 0 radical (unpaired) electrons. The number of rotatable bonds is 5. The molecule has 0 aliphatic heterocycles. The summed E-state index contributed by atoms with van der Waals surface area (Å²) in [7, 11) is 0. The van der Waals surface area contributed by atoms with Gasteiger partial charge in [0.2, 0.25) is 0 Å². The van der Waals surface area contributed by atoms with Crippen LogP contribution in [0, 0.1) is 6.92 Å². The molecule has 0 unspecified atom stereocenters. The smallest absolute Gasteiger partial charge is 0.143 e. The average molecular weight is 705 g/mol. The Balaban J connectivity index is 1.03. The molecule has 0 bridgehead atoms. The van der Waals surface area contributed by atoms with Crippen LogP contribution in [0.15, 0.2) is 173 Å². The van der Waals surface area contributed by atoms with Gasteiger partial charge in [0.25, 0.3) is 0 Å². The summed E-state index contributed by atoms with van der Waals surface area (Å²) >= 11 is 0. The summed E-state index contributed by atoms with van der Waals surface area (Å²) < 4.78 is 13.1. The van der Waals surface area contributed by atoms with Gasteiger partial charge in [-0.05, 0) is 115 Å². The van der Waals surface area contributed by atoms with E-state index in [4.69, 9.17) is 8.83 Å². The molecular formula is C53H36O2. The van der Waals surface area contributed by atoms with Crippen LogP contribution in [0.1, 0.15) is 35.3 Å². The molecule has 0 atom stereocenters. The van der Waals surface area contributed by atoms with E-state index in [1.165, 1.54) is 65.7 Å². The van der Waals surface area contributed by atoms with Gasteiger partial charge in [0, 0.05) is 27.3 Å². The van der Waals surface area contributed by atoms with Gasteiger partial charge in [-0.3, -0.25) is 0 Å². The number of para-hydroxylation sites is 1. The first-order chi connectivity index (χ1) is 27.2. The summed E-state index contributed by atoms with van der Waals surface area (Å²) in [6.07, 6.45) is 8.37. The van der Waals surface area contributed by atoms with Crippen molar-refractivity contribution in [3.63, 3.8) is 0 Å². The summed E-state index contributed by atoms with van der Waals surface area (Å²) in [4.78, 5) is 0. The van der Waals surface area contributed by atoms with Crippen LogP contribution >= 0.6 is 0 Å². The minimum Gasteiger partial charge on any atom is -0.456 e. The van der Waals surface area contributed by atoms with Crippen LogP contribution in [0.3, 0.4) is 0 Å². The van der Waals surface area contributed by atoms with Gasteiger partial charge in [0.15, 0.2) is 0 Å². The molecule has 260 valence electrons. The van der Waals surface area contributed by atoms with Crippen LogP contribution in [0.4, 0.5) is 0 Å². The zero-order chi connectivity index (χ0) is 36.6.